The van der Waals surface area contributed by atoms with Crippen molar-refractivity contribution < 1.29 is 4.79 Å². The van der Waals surface area contributed by atoms with E-state index >= 15 is 0 Å². The second-order valence-corrected chi connectivity index (χ2v) is 7.08. The van der Waals surface area contributed by atoms with Crippen molar-refractivity contribution in [3.63, 3.8) is 0 Å². The largest absolute Gasteiger partial charge is 0.351 e. The van der Waals surface area contributed by atoms with Gasteiger partial charge in [0.15, 0.2) is 0 Å². The van der Waals surface area contributed by atoms with Gasteiger partial charge < -0.3 is 5.32 Å². The average Bonchev–Trinajstić information content (AvgIpc) is 3.25. The number of aromatic nitrogens is 2. The fourth-order valence-corrected chi connectivity index (χ4v) is 3.88. The smallest absolute Gasteiger partial charge is 0.267 e. The molecule has 25 heavy (non-hydrogen) atoms. The first-order valence-electron chi connectivity index (χ1n) is 8.17. The van der Waals surface area contributed by atoms with Gasteiger partial charge in [-0.3, -0.25) is 9.59 Å². The fraction of sp³-hybridized carbons (Fsp3) is 0.211. The van der Waals surface area contributed by atoms with E-state index in [1.807, 2.05) is 29.6 Å². The molecule has 126 valence electrons. The summed E-state index contributed by atoms with van der Waals surface area (Å²) in [6.07, 6.45) is 1.67. The fourth-order valence-electron chi connectivity index (χ4n) is 3.19. The van der Waals surface area contributed by atoms with E-state index < -0.39 is 0 Å². The monoisotopic (exact) mass is 351 g/mol. The van der Waals surface area contributed by atoms with Crippen LogP contribution in [0.4, 0.5) is 0 Å². The van der Waals surface area contributed by atoms with E-state index in [1.165, 1.54) is 21.9 Å². The normalized spacial score (nSPS) is 13.6. The number of amides is 1. The molecule has 0 atom stereocenters. The van der Waals surface area contributed by atoms with Crippen molar-refractivity contribution in [2.24, 2.45) is 0 Å². The summed E-state index contributed by atoms with van der Waals surface area (Å²) in [5.41, 5.74) is 2.99. The van der Waals surface area contributed by atoms with Gasteiger partial charge in [-0.1, -0.05) is 30.3 Å². The van der Waals surface area contributed by atoms with Crippen LogP contribution < -0.4 is 10.9 Å². The van der Waals surface area contributed by atoms with E-state index in [-0.39, 0.29) is 24.1 Å². The molecule has 1 aliphatic rings. The summed E-state index contributed by atoms with van der Waals surface area (Å²) < 4.78 is 1.23. The Morgan fingerprint density at radius 3 is 2.56 bits per heavy atom. The van der Waals surface area contributed by atoms with E-state index in [2.05, 4.69) is 22.5 Å². The topological polar surface area (TPSA) is 64.0 Å². The first-order chi connectivity index (χ1) is 12.2. The van der Waals surface area contributed by atoms with Crippen molar-refractivity contribution in [3.8, 4) is 10.6 Å². The second-order valence-electron chi connectivity index (χ2n) is 6.13. The molecule has 6 heteroatoms. The van der Waals surface area contributed by atoms with Gasteiger partial charge in [-0.25, -0.2) is 4.68 Å². The predicted octanol–water partition coefficient (Wildman–Crippen LogP) is 2.26. The van der Waals surface area contributed by atoms with Gasteiger partial charge in [0.2, 0.25) is 5.91 Å². The van der Waals surface area contributed by atoms with Crippen LogP contribution in [-0.4, -0.2) is 21.7 Å². The molecule has 0 saturated heterocycles. The van der Waals surface area contributed by atoms with E-state index in [1.54, 1.807) is 17.4 Å². The first-order valence-corrected chi connectivity index (χ1v) is 9.05. The molecule has 0 radical (unpaired) electrons. The quantitative estimate of drug-likeness (QED) is 0.784. The molecule has 1 aliphatic carbocycles. The van der Waals surface area contributed by atoms with Gasteiger partial charge in [0.1, 0.15) is 12.2 Å². The van der Waals surface area contributed by atoms with Gasteiger partial charge in [0.25, 0.3) is 5.56 Å². The molecule has 4 rings (SSSR count). The number of hydrogen-bond donors (Lipinski definition) is 1. The minimum atomic E-state index is -0.273. The van der Waals surface area contributed by atoms with Crippen LogP contribution in [0.15, 0.2) is 58.7 Å². The molecule has 0 fully saturated rings. The minimum Gasteiger partial charge on any atom is -0.351 e. The van der Waals surface area contributed by atoms with Gasteiger partial charge in [0, 0.05) is 12.1 Å². The zero-order valence-corrected chi connectivity index (χ0v) is 14.3. The summed E-state index contributed by atoms with van der Waals surface area (Å²) in [7, 11) is 0. The molecule has 0 spiro atoms. The zero-order valence-electron chi connectivity index (χ0n) is 13.5. The first kappa shape index (κ1) is 15.8. The van der Waals surface area contributed by atoms with Crippen molar-refractivity contribution in [1.82, 2.24) is 15.1 Å². The maximum Gasteiger partial charge on any atom is 0.267 e. The molecule has 1 N–H and O–H groups in total. The Morgan fingerprint density at radius 1 is 1.12 bits per heavy atom. The number of hydrogen-bond acceptors (Lipinski definition) is 4. The zero-order chi connectivity index (χ0) is 17.2. The van der Waals surface area contributed by atoms with Crippen molar-refractivity contribution in [1.29, 1.82) is 0 Å². The minimum absolute atomic E-state index is 0.0646. The Kier molecular flexibility index (Phi) is 4.19. The Labute approximate surface area is 148 Å². The maximum absolute atomic E-state index is 12.4. The van der Waals surface area contributed by atoms with E-state index in [0.29, 0.717) is 5.69 Å². The lowest BCUT2D eigenvalue weighted by atomic mass is 10.1. The van der Waals surface area contributed by atoms with E-state index in [4.69, 9.17) is 0 Å². The molecule has 0 aliphatic heterocycles. The standard InChI is InChI=1S/C19H17N3O2S/c23-18(20-15-10-13-4-1-2-5-14(13)11-15)12-22-19(24)8-7-16(21-22)17-6-3-9-25-17/h1-9,15H,10-12H2,(H,20,23). The van der Waals surface area contributed by atoms with Crippen LogP contribution in [0.2, 0.25) is 0 Å². The number of nitrogens with zero attached hydrogens (tertiary/aromatic N) is 2. The Morgan fingerprint density at radius 2 is 1.88 bits per heavy atom. The van der Waals surface area contributed by atoms with Gasteiger partial charge in [-0.05, 0) is 41.5 Å². The van der Waals surface area contributed by atoms with Crippen LogP contribution in [0, 0.1) is 0 Å². The SMILES string of the molecule is O=C(Cn1nc(-c2cccs2)ccc1=O)NC1Cc2ccccc2C1. The Hall–Kier alpha value is -2.73. The lowest BCUT2D eigenvalue weighted by Gasteiger charge is -2.12. The van der Waals surface area contributed by atoms with Crippen LogP contribution in [0.3, 0.4) is 0 Å². The summed E-state index contributed by atoms with van der Waals surface area (Å²) >= 11 is 1.55. The van der Waals surface area contributed by atoms with Crippen LogP contribution in [-0.2, 0) is 24.2 Å². The third kappa shape index (κ3) is 3.39. The molecule has 1 amide bonds. The molecule has 3 aromatic rings. The highest BCUT2D eigenvalue weighted by Gasteiger charge is 2.22. The van der Waals surface area contributed by atoms with E-state index in [0.717, 1.165) is 17.7 Å². The lowest BCUT2D eigenvalue weighted by molar-refractivity contribution is -0.122. The van der Waals surface area contributed by atoms with E-state index in [9.17, 15) is 9.59 Å². The molecule has 0 unspecified atom stereocenters. The van der Waals surface area contributed by atoms with Crippen LogP contribution in [0.25, 0.3) is 10.6 Å². The number of benzene rings is 1. The maximum atomic E-state index is 12.4. The predicted molar refractivity (Wildman–Crippen MR) is 97.6 cm³/mol. The number of fused-ring (bicyclic) bond motifs is 1. The molecule has 5 nitrogen and oxygen atoms in total. The van der Waals surface area contributed by atoms with Gasteiger partial charge in [-0.2, -0.15) is 5.10 Å². The van der Waals surface area contributed by atoms with Crippen LogP contribution >= 0.6 is 11.3 Å². The van der Waals surface area contributed by atoms with Crippen molar-refractivity contribution in [2.75, 3.05) is 0 Å². The molecule has 2 aromatic heterocycles. The van der Waals surface area contributed by atoms with Gasteiger partial charge in [0.05, 0.1) is 4.88 Å². The molecule has 2 heterocycles. The van der Waals surface area contributed by atoms with Gasteiger partial charge >= 0.3 is 0 Å². The summed E-state index contributed by atoms with van der Waals surface area (Å²) in [6.45, 7) is -0.0646. The summed E-state index contributed by atoms with van der Waals surface area (Å²) in [6, 6.07) is 15.3. The molecule has 0 saturated carbocycles. The Bertz CT molecular complexity index is 938. The number of thiophene rings is 1. The average molecular weight is 351 g/mol. The molecular formula is C19H17N3O2S. The third-order valence-electron chi connectivity index (χ3n) is 4.35. The highest BCUT2D eigenvalue weighted by molar-refractivity contribution is 7.13. The van der Waals surface area contributed by atoms with Crippen molar-refractivity contribution in [2.45, 2.75) is 25.4 Å². The highest BCUT2D eigenvalue weighted by Crippen LogP contribution is 2.22. The van der Waals surface area contributed by atoms with Crippen LogP contribution in [0.5, 0.6) is 0 Å². The van der Waals surface area contributed by atoms with Crippen LogP contribution in [0.1, 0.15) is 11.1 Å². The number of carbonyl (C=O) groups is 1. The Balaban J connectivity index is 1.45. The molecule has 0 bridgehead atoms. The van der Waals surface area contributed by atoms with Gasteiger partial charge in [-0.15, -0.1) is 11.3 Å². The van der Waals surface area contributed by atoms with Crippen molar-refractivity contribution in [3.05, 3.63) is 75.4 Å². The number of nitrogens with one attached hydrogen (secondary N) is 1. The number of rotatable bonds is 4. The summed E-state index contributed by atoms with van der Waals surface area (Å²) in [5, 5.41) is 9.30. The highest BCUT2D eigenvalue weighted by atomic mass is 32.1. The summed E-state index contributed by atoms with van der Waals surface area (Å²) in [4.78, 5) is 25.3. The number of carbonyl (C=O) groups excluding carboxylic acids is 1. The molecular weight excluding hydrogens is 334 g/mol. The lowest BCUT2D eigenvalue weighted by Crippen LogP contribution is -2.39. The second kappa shape index (κ2) is 6.64. The summed E-state index contributed by atoms with van der Waals surface area (Å²) in [5.74, 6) is -0.185. The third-order valence-corrected chi connectivity index (χ3v) is 5.24. The molecule has 1 aromatic carbocycles. The van der Waals surface area contributed by atoms with Crippen molar-refractivity contribution >= 4 is 17.2 Å².